The van der Waals surface area contributed by atoms with E-state index in [-0.39, 0.29) is 36.9 Å². The molecular formula is C25H22F2N4O6S. The molecule has 3 heterocycles. The Morgan fingerprint density at radius 3 is 2.79 bits per heavy atom. The molecule has 1 fully saturated rings. The summed E-state index contributed by atoms with van der Waals surface area (Å²) < 4.78 is 71.6. The van der Waals surface area contributed by atoms with Gasteiger partial charge in [0.25, 0.3) is 15.9 Å². The molecule has 0 radical (unpaired) electrons. The number of benzene rings is 2. The third kappa shape index (κ3) is 5.58. The minimum Gasteiger partial charge on any atom is -0.475 e. The fraction of sp³-hybridized carbons (Fsp3) is 0.240. The first-order valence-electron chi connectivity index (χ1n) is 11.6. The predicted molar refractivity (Wildman–Crippen MR) is 131 cm³/mol. The molecule has 0 spiro atoms. The number of aromatic nitrogens is 3. The molecule has 198 valence electrons. The monoisotopic (exact) mass is 544 g/mol. The number of carbonyl (C=O) groups is 1. The number of halogens is 2. The largest absolute Gasteiger partial charge is 0.475 e. The van der Waals surface area contributed by atoms with Gasteiger partial charge in [0.2, 0.25) is 5.88 Å². The van der Waals surface area contributed by atoms with Gasteiger partial charge in [-0.25, -0.2) is 26.9 Å². The summed E-state index contributed by atoms with van der Waals surface area (Å²) >= 11 is 0. The molecule has 13 heteroatoms. The maximum absolute atomic E-state index is 14.6. The molecule has 4 aromatic rings. The summed E-state index contributed by atoms with van der Waals surface area (Å²) in [7, 11) is -4.50. The Morgan fingerprint density at radius 1 is 1.16 bits per heavy atom. The maximum atomic E-state index is 14.6. The summed E-state index contributed by atoms with van der Waals surface area (Å²) in [5, 5.41) is 7.45. The Kier molecular flexibility index (Phi) is 7.20. The summed E-state index contributed by atoms with van der Waals surface area (Å²) in [5.41, 5.74) is 0.654. The van der Waals surface area contributed by atoms with E-state index >= 15 is 0 Å². The second kappa shape index (κ2) is 10.7. The van der Waals surface area contributed by atoms with Gasteiger partial charge in [0, 0.05) is 18.4 Å². The Hall–Kier alpha value is -4.10. The molecule has 10 nitrogen and oxygen atoms in total. The number of hydrogen-bond acceptors (Lipinski definition) is 8. The number of sulfonamides is 1. The third-order valence-electron chi connectivity index (χ3n) is 5.92. The molecule has 2 aromatic carbocycles. The van der Waals surface area contributed by atoms with Crippen molar-refractivity contribution in [3.63, 3.8) is 0 Å². The van der Waals surface area contributed by atoms with Gasteiger partial charge in [-0.1, -0.05) is 18.2 Å². The molecule has 38 heavy (non-hydrogen) atoms. The predicted octanol–water partition coefficient (Wildman–Crippen LogP) is 4.11. The topological polar surface area (TPSA) is 132 Å². The van der Waals surface area contributed by atoms with E-state index in [9.17, 15) is 22.0 Å². The number of aromatic amines is 1. The number of hydrogen-bond donors (Lipinski definition) is 2. The van der Waals surface area contributed by atoms with Gasteiger partial charge in [0.15, 0.2) is 12.2 Å². The fourth-order valence-corrected chi connectivity index (χ4v) is 4.87. The van der Waals surface area contributed by atoms with Crippen LogP contribution < -0.4 is 14.2 Å². The number of fused-ring (bicyclic) bond motifs is 1. The third-order valence-corrected chi connectivity index (χ3v) is 7.21. The number of pyridine rings is 1. The van der Waals surface area contributed by atoms with Crippen molar-refractivity contribution in [3.05, 3.63) is 72.3 Å². The molecule has 2 N–H and O–H groups in total. The van der Waals surface area contributed by atoms with Crippen LogP contribution in [0.2, 0.25) is 0 Å². The van der Waals surface area contributed by atoms with E-state index < -0.39 is 38.9 Å². The molecule has 5 rings (SSSR count). The van der Waals surface area contributed by atoms with E-state index in [1.54, 1.807) is 36.5 Å². The van der Waals surface area contributed by atoms with Crippen LogP contribution in [0.25, 0.3) is 10.9 Å². The first-order chi connectivity index (χ1) is 18.3. The van der Waals surface area contributed by atoms with Gasteiger partial charge in [-0.05, 0) is 30.7 Å². The number of ether oxygens (including phenoxy) is 3. The van der Waals surface area contributed by atoms with Crippen LogP contribution in [0.15, 0.2) is 65.8 Å². The van der Waals surface area contributed by atoms with Crippen molar-refractivity contribution < 1.29 is 36.2 Å². The number of para-hydroxylation sites is 1. The zero-order valence-electron chi connectivity index (χ0n) is 19.8. The summed E-state index contributed by atoms with van der Waals surface area (Å²) in [4.78, 5) is 16.1. The highest BCUT2D eigenvalue weighted by molar-refractivity contribution is 7.90. The molecule has 0 aliphatic carbocycles. The standard InChI is InChI=1S/C25H22F2N4O6S/c26-19-11-16(12-28-25(19)36-14-15-8-9-35-23(27)10-15)38(33,34)31-24(32)17-4-1-2-6-21(17)37-22-7-3-5-20-18(22)13-29-30-20/h1-7,11-13,15,23H,8-10,14H2,(H,29,30)(H,31,32). The minimum atomic E-state index is -4.50. The fourth-order valence-electron chi connectivity index (χ4n) is 3.95. The normalized spacial score (nSPS) is 17.7. The Morgan fingerprint density at radius 2 is 1.97 bits per heavy atom. The summed E-state index contributed by atoms with van der Waals surface area (Å²) in [6.45, 7) is 0.231. The summed E-state index contributed by atoms with van der Waals surface area (Å²) in [6.07, 6.45) is 1.69. The SMILES string of the molecule is O=C(NS(=O)(=O)c1cnc(OCC2CCOC(F)C2)c(F)c1)c1ccccc1Oc1cccc2[nH]ncc12. The highest BCUT2D eigenvalue weighted by atomic mass is 32.2. The van der Waals surface area contributed by atoms with Crippen molar-refractivity contribution in [1.82, 2.24) is 19.9 Å². The van der Waals surface area contributed by atoms with Crippen molar-refractivity contribution in [2.75, 3.05) is 13.2 Å². The average molecular weight is 545 g/mol. The zero-order chi connectivity index (χ0) is 26.7. The van der Waals surface area contributed by atoms with Gasteiger partial charge in [-0.15, -0.1) is 0 Å². The van der Waals surface area contributed by atoms with E-state index in [0.29, 0.717) is 29.1 Å². The molecule has 2 unspecified atom stereocenters. The molecule has 2 atom stereocenters. The van der Waals surface area contributed by atoms with Crippen LogP contribution in [0.3, 0.4) is 0 Å². The van der Waals surface area contributed by atoms with E-state index in [0.717, 1.165) is 6.20 Å². The number of alkyl halides is 1. The van der Waals surface area contributed by atoms with E-state index in [4.69, 9.17) is 14.2 Å². The Bertz CT molecular complexity index is 1580. The molecule has 1 amide bonds. The Balaban J connectivity index is 1.29. The van der Waals surface area contributed by atoms with Crippen LogP contribution in [-0.2, 0) is 14.8 Å². The highest BCUT2D eigenvalue weighted by Crippen LogP contribution is 2.31. The van der Waals surface area contributed by atoms with Gasteiger partial charge in [0.1, 0.15) is 16.4 Å². The molecule has 2 aromatic heterocycles. The van der Waals surface area contributed by atoms with Gasteiger partial charge in [-0.3, -0.25) is 9.89 Å². The van der Waals surface area contributed by atoms with Crippen molar-refractivity contribution in [3.8, 4) is 17.4 Å². The van der Waals surface area contributed by atoms with Gasteiger partial charge in [-0.2, -0.15) is 5.10 Å². The van der Waals surface area contributed by atoms with Crippen molar-refractivity contribution >= 4 is 26.8 Å². The highest BCUT2D eigenvalue weighted by Gasteiger charge is 2.25. The van der Waals surface area contributed by atoms with Crippen molar-refractivity contribution in [1.29, 1.82) is 0 Å². The lowest BCUT2D eigenvalue weighted by molar-refractivity contribution is -0.0919. The zero-order valence-corrected chi connectivity index (χ0v) is 20.6. The lowest BCUT2D eigenvalue weighted by Crippen LogP contribution is -2.31. The van der Waals surface area contributed by atoms with E-state index in [1.807, 2.05) is 4.72 Å². The summed E-state index contributed by atoms with van der Waals surface area (Å²) in [6, 6.07) is 12.0. The van der Waals surface area contributed by atoms with Crippen molar-refractivity contribution in [2.45, 2.75) is 24.1 Å². The lowest BCUT2D eigenvalue weighted by Gasteiger charge is -2.24. The van der Waals surface area contributed by atoms with Gasteiger partial charge in [0.05, 0.1) is 42.1 Å². The van der Waals surface area contributed by atoms with Crippen LogP contribution in [0.1, 0.15) is 23.2 Å². The van der Waals surface area contributed by atoms with Gasteiger partial charge < -0.3 is 14.2 Å². The van der Waals surface area contributed by atoms with Crippen LogP contribution in [0.5, 0.6) is 17.4 Å². The first-order valence-corrected chi connectivity index (χ1v) is 13.1. The van der Waals surface area contributed by atoms with E-state index in [2.05, 4.69) is 15.2 Å². The molecule has 0 bridgehead atoms. The first kappa shape index (κ1) is 25.5. The summed E-state index contributed by atoms with van der Waals surface area (Å²) in [5.74, 6) is -2.13. The maximum Gasteiger partial charge on any atom is 0.268 e. The molecule has 1 aliphatic heterocycles. The second-order valence-electron chi connectivity index (χ2n) is 8.56. The number of nitrogens with zero attached hydrogens (tertiary/aromatic N) is 2. The lowest BCUT2D eigenvalue weighted by atomic mass is 10.0. The average Bonchev–Trinajstić information content (AvgIpc) is 3.38. The Labute approximate surface area is 216 Å². The van der Waals surface area contributed by atoms with E-state index in [1.165, 1.54) is 12.1 Å². The number of nitrogens with one attached hydrogen (secondary N) is 2. The van der Waals surface area contributed by atoms with Gasteiger partial charge >= 0.3 is 0 Å². The number of rotatable bonds is 8. The minimum absolute atomic E-state index is 0.000144. The molecule has 1 aliphatic rings. The molecule has 1 saturated heterocycles. The van der Waals surface area contributed by atoms with Crippen LogP contribution in [0, 0.1) is 11.7 Å². The number of carbonyl (C=O) groups excluding carboxylic acids is 1. The molecular weight excluding hydrogens is 522 g/mol. The van der Waals surface area contributed by atoms with Crippen LogP contribution in [0.4, 0.5) is 8.78 Å². The van der Waals surface area contributed by atoms with Crippen LogP contribution in [-0.4, -0.2) is 49.1 Å². The van der Waals surface area contributed by atoms with Crippen molar-refractivity contribution in [2.24, 2.45) is 5.92 Å². The smallest absolute Gasteiger partial charge is 0.268 e. The quantitative estimate of drug-likeness (QED) is 0.339. The number of amides is 1. The molecule has 0 saturated carbocycles. The number of H-pyrrole nitrogens is 1. The van der Waals surface area contributed by atoms with Crippen LogP contribution >= 0.6 is 0 Å². The second-order valence-corrected chi connectivity index (χ2v) is 10.2.